The Morgan fingerprint density at radius 1 is 0.812 bits per heavy atom. The minimum atomic E-state index is -0.0367. The molecule has 0 saturated heterocycles. The van der Waals surface area contributed by atoms with E-state index in [1.54, 1.807) is 0 Å². The van der Waals surface area contributed by atoms with Gasteiger partial charge < -0.3 is 14.9 Å². The lowest BCUT2D eigenvalue weighted by atomic mass is 9.84. The van der Waals surface area contributed by atoms with Crippen LogP contribution in [0.5, 0.6) is 0 Å². The maximum Gasteiger partial charge on any atom is 0.0585 e. The Balaban J connectivity index is 2.02. The summed E-state index contributed by atoms with van der Waals surface area (Å²) in [6.45, 7) is 11.1. The molecule has 1 N–H and O–H groups in total. The number of likely N-dealkylation sites (N-methyl/N-ethyl adjacent to an activating group) is 1. The lowest BCUT2D eigenvalue weighted by molar-refractivity contribution is 0.598. The molecule has 0 saturated carbocycles. The lowest BCUT2D eigenvalue weighted by Gasteiger charge is -2.41. The van der Waals surface area contributed by atoms with Gasteiger partial charge in [-0.1, -0.05) is 47.5 Å². The van der Waals surface area contributed by atoms with E-state index in [-0.39, 0.29) is 5.54 Å². The van der Waals surface area contributed by atoms with Crippen molar-refractivity contribution < 1.29 is 0 Å². The van der Waals surface area contributed by atoms with Crippen LogP contribution in [0.2, 0.25) is 0 Å². The molecule has 32 heavy (non-hydrogen) atoms. The summed E-state index contributed by atoms with van der Waals surface area (Å²) in [4.78, 5) is 2.37. The van der Waals surface area contributed by atoms with E-state index in [2.05, 4.69) is 101 Å². The van der Waals surface area contributed by atoms with E-state index >= 15 is 0 Å². The highest BCUT2D eigenvalue weighted by atomic mass is 15.2. The van der Waals surface area contributed by atoms with Crippen molar-refractivity contribution in [2.45, 2.75) is 40.2 Å². The molecule has 2 aromatic rings. The summed E-state index contributed by atoms with van der Waals surface area (Å²) < 4.78 is 2.29. The smallest absolute Gasteiger partial charge is 0.0585 e. The van der Waals surface area contributed by atoms with Crippen molar-refractivity contribution in [1.82, 2.24) is 4.57 Å². The summed E-state index contributed by atoms with van der Waals surface area (Å²) in [6.07, 6.45) is 2.37. The highest BCUT2D eigenvalue weighted by molar-refractivity contribution is 6.09. The van der Waals surface area contributed by atoms with Crippen LogP contribution in [-0.4, -0.2) is 17.2 Å². The van der Waals surface area contributed by atoms with Crippen LogP contribution in [-0.2, 0) is 7.05 Å². The van der Waals surface area contributed by atoms with Crippen molar-refractivity contribution in [2.75, 3.05) is 11.9 Å². The molecule has 3 heteroatoms. The molecule has 0 aromatic heterocycles. The first-order chi connectivity index (χ1) is 15.1. The number of pyridine rings is 1. The predicted molar refractivity (Wildman–Crippen MR) is 136 cm³/mol. The molecule has 162 valence electrons. The third-order valence-electron chi connectivity index (χ3n) is 7.09. The molecular formula is C29H31N3. The van der Waals surface area contributed by atoms with E-state index in [1.165, 1.54) is 55.5 Å². The number of aryl methyl sites for hydroxylation is 3. The number of benzene rings is 3. The van der Waals surface area contributed by atoms with Gasteiger partial charge in [0.25, 0.3) is 0 Å². The lowest BCUT2D eigenvalue weighted by Crippen LogP contribution is -2.42. The SMILES string of the molecule is CC1=CC(C)(C)N(C)c2ccc3c(-c4cc(C)cc(C)c4)c4ccc(=N)cc-4n(C)c3c21. The summed E-state index contributed by atoms with van der Waals surface area (Å²) in [6, 6.07) is 17.4. The van der Waals surface area contributed by atoms with Crippen LogP contribution in [0.15, 0.2) is 54.6 Å². The number of hydrogen-bond donors (Lipinski definition) is 1. The monoisotopic (exact) mass is 421 g/mol. The van der Waals surface area contributed by atoms with Gasteiger partial charge in [-0.05, 0) is 64.0 Å². The van der Waals surface area contributed by atoms with E-state index in [1.807, 2.05) is 12.1 Å². The van der Waals surface area contributed by atoms with Crippen LogP contribution in [0.3, 0.4) is 0 Å². The van der Waals surface area contributed by atoms with E-state index < -0.39 is 0 Å². The average Bonchev–Trinajstić information content (AvgIpc) is 2.71. The first-order valence-electron chi connectivity index (χ1n) is 11.2. The molecule has 3 nitrogen and oxygen atoms in total. The maximum absolute atomic E-state index is 8.30. The van der Waals surface area contributed by atoms with Crippen molar-refractivity contribution in [3.8, 4) is 22.4 Å². The van der Waals surface area contributed by atoms with Gasteiger partial charge in [-0.25, -0.2) is 0 Å². The van der Waals surface area contributed by atoms with Gasteiger partial charge in [-0.3, -0.25) is 0 Å². The molecule has 0 atom stereocenters. The number of aromatic nitrogens is 1. The number of fused-ring (bicyclic) bond motifs is 4. The largest absolute Gasteiger partial charge is 0.365 e. The van der Waals surface area contributed by atoms with Crippen LogP contribution in [0, 0.1) is 19.3 Å². The van der Waals surface area contributed by atoms with E-state index in [0.29, 0.717) is 5.36 Å². The van der Waals surface area contributed by atoms with Crippen molar-refractivity contribution >= 4 is 22.2 Å². The van der Waals surface area contributed by atoms with Gasteiger partial charge in [-0.15, -0.1) is 0 Å². The molecule has 2 aliphatic heterocycles. The quantitative estimate of drug-likeness (QED) is 0.342. The van der Waals surface area contributed by atoms with Crippen LogP contribution < -0.4 is 10.3 Å². The van der Waals surface area contributed by atoms with Crippen LogP contribution in [0.25, 0.3) is 38.9 Å². The van der Waals surface area contributed by atoms with Gasteiger partial charge >= 0.3 is 0 Å². The van der Waals surface area contributed by atoms with E-state index in [4.69, 9.17) is 5.41 Å². The minimum absolute atomic E-state index is 0.0367. The minimum Gasteiger partial charge on any atom is -0.365 e. The summed E-state index contributed by atoms with van der Waals surface area (Å²) in [5.41, 5.74) is 12.3. The third-order valence-corrected chi connectivity index (χ3v) is 7.09. The zero-order valence-corrected chi connectivity index (χ0v) is 20.1. The maximum atomic E-state index is 8.30. The number of rotatable bonds is 1. The zero-order valence-electron chi connectivity index (χ0n) is 20.1. The standard InChI is InChI=1S/C29H31N3/c1-17-12-18(2)14-20(13-17)27-22-9-8-21(30)15-25(22)31(6)28-23(27)10-11-24-26(28)19(3)16-29(4,5)32(24)7/h8-16,30H,1-7H3. The van der Waals surface area contributed by atoms with Gasteiger partial charge in [0.1, 0.15) is 0 Å². The van der Waals surface area contributed by atoms with Gasteiger partial charge in [-0.2, -0.15) is 0 Å². The zero-order chi connectivity index (χ0) is 22.9. The number of hydrogen-bond acceptors (Lipinski definition) is 2. The molecule has 2 heterocycles. The van der Waals surface area contributed by atoms with Gasteiger partial charge in [0.2, 0.25) is 0 Å². The number of nitrogens with zero attached hydrogens (tertiary/aromatic N) is 2. The molecule has 0 spiro atoms. The summed E-state index contributed by atoms with van der Waals surface area (Å²) in [5.74, 6) is 0. The Kier molecular flexibility index (Phi) is 4.39. The normalized spacial score (nSPS) is 15.2. The summed E-state index contributed by atoms with van der Waals surface area (Å²) in [7, 11) is 4.32. The van der Waals surface area contributed by atoms with Crippen molar-refractivity contribution in [3.63, 3.8) is 0 Å². The molecule has 1 aliphatic carbocycles. The third kappa shape index (κ3) is 2.91. The average molecular weight is 422 g/mol. The Labute approximate surface area is 190 Å². The van der Waals surface area contributed by atoms with Crippen LogP contribution >= 0.6 is 0 Å². The fourth-order valence-corrected chi connectivity index (χ4v) is 5.52. The van der Waals surface area contributed by atoms with Crippen LogP contribution in [0.4, 0.5) is 5.69 Å². The Morgan fingerprint density at radius 2 is 1.50 bits per heavy atom. The van der Waals surface area contributed by atoms with Gasteiger partial charge in [0.15, 0.2) is 0 Å². The van der Waals surface area contributed by atoms with E-state index in [9.17, 15) is 0 Å². The molecule has 3 aliphatic rings. The fourth-order valence-electron chi connectivity index (χ4n) is 5.52. The Bertz CT molecular complexity index is 1450. The van der Waals surface area contributed by atoms with Gasteiger partial charge in [0.05, 0.1) is 22.1 Å². The molecule has 0 bridgehead atoms. The van der Waals surface area contributed by atoms with Crippen LogP contribution in [0.1, 0.15) is 37.5 Å². The van der Waals surface area contributed by atoms with Gasteiger partial charge in [0, 0.05) is 41.9 Å². The van der Waals surface area contributed by atoms with Crippen molar-refractivity contribution in [3.05, 3.63) is 76.7 Å². The molecule has 0 radical (unpaired) electrons. The number of allylic oxidation sites excluding steroid dienone is 1. The molecule has 0 amide bonds. The number of anilines is 1. The fraction of sp³-hybridized carbons (Fsp3) is 0.276. The van der Waals surface area contributed by atoms with Crippen molar-refractivity contribution in [2.24, 2.45) is 7.05 Å². The second-order valence-corrected chi connectivity index (χ2v) is 9.94. The predicted octanol–water partition coefficient (Wildman–Crippen LogP) is 6.68. The number of nitrogens with one attached hydrogen (secondary N) is 1. The molecular weight excluding hydrogens is 390 g/mol. The molecule has 0 unspecified atom stereocenters. The second kappa shape index (κ2) is 6.83. The Hall–Kier alpha value is -3.33. The molecule has 2 aromatic carbocycles. The summed E-state index contributed by atoms with van der Waals surface area (Å²) in [5, 5.41) is 10.1. The first kappa shape index (κ1) is 20.6. The molecule has 5 rings (SSSR count). The second-order valence-electron chi connectivity index (χ2n) is 9.94. The van der Waals surface area contributed by atoms with Crippen molar-refractivity contribution in [1.29, 1.82) is 5.41 Å². The Morgan fingerprint density at radius 3 is 2.19 bits per heavy atom. The van der Waals surface area contributed by atoms with E-state index in [0.717, 1.165) is 5.69 Å². The molecule has 0 fully saturated rings. The topological polar surface area (TPSA) is 32.0 Å². The highest BCUT2D eigenvalue weighted by Crippen LogP contribution is 2.47. The summed E-state index contributed by atoms with van der Waals surface area (Å²) >= 11 is 0. The first-order valence-corrected chi connectivity index (χ1v) is 11.2. The highest BCUT2D eigenvalue weighted by Gasteiger charge is 2.31.